The van der Waals surface area contributed by atoms with Gasteiger partial charge in [-0.15, -0.1) is 0 Å². The van der Waals surface area contributed by atoms with E-state index in [2.05, 4.69) is 4.98 Å². The Labute approximate surface area is 167 Å². The lowest BCUT2D eigenvalue weighted by atomic mass is 10.1. The Hall–Kier alpha value is -3.61. The van der Waals surface area contributed by atoms with Crippen molar-refractivity contribution in [2.75, 3.05) is 7.11 Å². The molecular weight excluding hydrogens is 368 g/mol. The van der Waals surface area contributed by atoms with Crippen LogP contribution in [0.3, 0.4) is 0 Å². The number of fused-ring (bicyclic) bond motifs is 1. The van der Waals surface area contributed by atoms with Gasteiger partial charge in [-0.2, -0.15) is 0 Å². The SMILES string of the molecule is CCn1c(=O)c2c(ncn2C(C)c2ccccc2)n(-c2cccc(OC)c2)c1=O. The average molecular weight is 390 g/mol. The second-order valence-electron chi connectivity index (χ2n) is 6.78. The largest absolute Gasteiger partial charge is 0.497 e. The average Bonchev–Trinajstić information content (AvgIpc) is 3.19. The molecule has 29 heavy (non-hydrogen) atoms. The van der Waals surface area contributed by atoms with E-state index in [0.29, 0.717) is 22.6 Å². The standard InChI is InChI=1S/C22H22N4O3/c1-4-24-21(27)19-20(23-14-25(19)15(2)16-9-6-5-7-10-16)26(22(24)28)17-11-8-12-18(13-17)29-3/h5-15H,4H2,1-3H3. The van der Waals surface area contributed by atoms with E-state index < -0.39 is 5.69 Å². The van der Waals surface area contributed by atoms with Gasteiger partial charge in [0.2, 0.25) is 0 Å². The van der Waals surface area contributed by atoms with Gasteiger partial charge < -0.3 is 9.30 Å². The van der Waals surface area contributed by atoms with Gasteiger partial charge in [-0.3, -0.25) is 9.36 Å². The van der Waals surface area contributed by atoms with Crippen LogP contribution in [-0.2, 0) is 6.54 Å². The number of imidazole rings is 1. The molecule has 0 N–H and O–H groups in total. The normalized spacial score (nSPS) is 12.2. The van der Waals surface area contributed by atoms with Gasteiger partial charge in [0.25, 0.3) is 5.56 Å². The summed E-state index contributed by atoms with van der Waals surface area (Å²) >= 11 is 0. The van der Waals surface area contributed by atoms with E-state index in [0.717, 1.165) is 5.56 Å². The summed E-state index contributed by atoms with van der Waals surface area (Å²) < 4.78 is 9.83. The molecule has 0 fully saturated rings. The van der Waals surface area contributed by atoms with Gasteiger partial charge in [-0.1, -0.05) is 36.4 Å². The lowest BCUT2D eigenvalue weighted by Gasteiger charge is -2.16. The Kier molecular flexibility index (Phi) is 4.80. The molecule has 0 aliphatic carbocycles. The van der Waals surface area contributed by atoms with E-state index in [1.165, 1.54) is 9.13 Å². The second kappa shape index (κ2) is 7.43. The third-order valence-electron chi connectivity index (χ3n) is 5.18. The molecule has 2 aromatic heterocycles. The van der Waals surface area contributed by atoms with Crippen LogP contribution in [-0.4, -0.2) is 25.8 Å². The molecule has 0 aliphatic rings. The molecule has 1 atom stereocenters. The fourth-order valence-electron chi connectivity index (χ4n) is 3.59. The van der Waals surface area contributed by atoms with E-state index in [1.807, 2.05) is 41.8 Å². The first kappa shape index (κ1) is 18.7. The van der Waals surface area contributed by atoms with Crippen molar-refractivity contribution in [3.8, 4) is 11.4 Å². The van der Waals surface area contributed by atoms with E-state index >= 15 is 0 Å². The Bertz CT molecular complexity index is 1290. The Morgan fingerprint density at radius 2 is 1.83 bits per heavy atom. The molecular formula is C22H22N4O3. The summed E-state index contributed by atoms with van der Waals surface area (Å²) in [6.07, 6.45) is 1.62. The minimum Gasteiger partial charge on any atom is -0.497 e. The molecule has 7 nitrogen and oxygen atoms in total. The molecule has 0 aliphatic heterocycles. The third kappa shape index (κ3) is 3.04. The van der Waals surface area contributed by atoms with Crippen LogP contribution in [0.15, 0.2) is 70.5 Å². The van der Waals surface area contributed by atoms with Crippen LogP contribution in [0.4, 0.5) is 0 Å². The molecule has 4 aromatic rings. The number of rotatable bonds is 5. The van der Waals surface area contributed by atoms with Crippen molar-refractivity contribution < 1.29 is 4.74 Å². The fourth-order valence-corrected chi connectivity index (χ4v) is 3.59. The number of hydrogen-bond acceptors (Lipinski definition) is 4. The van der Waals surface area contributed by atoms with Crippen molar-refractivity contribution in [3.05, 3.63) is 87.3 Å². The molecule has 0 spiro atoms. The van der Waals surface area contributed by atoms with Gasteiger partial charge in [-0.05, 0) is 31.5 Å². The van der Waals surface area contributed by atoms with Crippen molar-refractivity contribution >= 4 is 11.2 Å². The quantitative estimate of drug-likeness (QED) is 0.525. The summed E-state index contributed by atoms with van der Waals surface area (Å²) in [5.74, 6) is 0.619. The highest BCUT2D eigenvalue weighted by atomic mass is 16.5. The summed E-state index contributed by atoms with van der Waals surface area (Å²) in [5, 5.41) is 0. The molecule has 0 saturated carbocycles. The molecule has 2 aromatic carbocycles. The van der Waals surface area contributed by atoms with Crippen LogP contribution < -0.4 is 16.0 Å². The number of hydrogen-bond donors (Lipinski definition) is 0. The summed E-state index contributed by atoms with van der Waals surface area (Å²) in [5.41, 5.74) is 1.61. The summed E-state index contributed by atoms with van der Waals surface area (Å²) in [7, 11) is 1.57. The number of aromatic nitrogens is 4. The van der Waals surface area contributed by atoms with E-state index in [-0.39, 0.29) is 18.1 Å². The Morgan fingerprint density at radius 3 is 2.52 bits per heavy atom. The zero-order valence-electron chi connectivity index (χ0n) is 16.6. The minimum absolute atomic E-state index is 0.115. The number of benzene rings is 2. The van der Waals surface area contributed by atoms with Crippen LogP contribution in [0, 0.1) is 0 Å². The molecule has 148 valence electrons. The van der Waals surface area contributed by atoms with Crippen molar-refractivity contribution in [1.82, 2.24) is 18.7 Å². The van der Waals surface area contributed by atoms with Crippen LogP contribution >= 0.6 is 0 Å². The van der Waals surface area contributed by atoms with Gasteiger partial charge in [0, 0.05) is 12.6 Å². The minimum atomic E-state index is -0.420. The van der Waals surface area contributed by atoms with E-state index in [4.69, 9.17) is 4.74 Å². The predicted molar refractivity (Wildman–Crippen MR) is 112 cm³/mol. The fraction of sp³-hybridized carbons (Fsp3) is 0.227. The van der Waals surface area contributed by atoms with Crippen LogP contribution in [0.1, 0.15) is 25.5 Å². The lowest BCUT2D eigenvalue weighted by Crippen LogP contribution is -2.39. The highest BCUT2D eigenvalue weighted by molar-refractivity contribution is 5.73. The summed E-state index contributed by atoms with van der Waals surface area (Å²) in [4.78, 5) is 30.8. The highest BCUT2D eigenvalue weighted by Crippen LogP contribution is 2.23. The number of ether oxygens (including phenoxy) is 1. The topological polar surface area (TPSA) is 71.1 Å². The summed E-state index contributed by atoms with van der Waals surface area (Å²) in [6, 6.07) is 16.9. The first-order chi connectivity index (χ1) is 14.1. The molecule has 0 radical (unpaired) electrons. The van der Waals surface area contributed by atoms with Crippen molar-refractivity contribution in [2.45, 2.75) is 26.4 Å². The molecule has 7 heteroatoms. The Morgan fingerprint density at radius 1 is 1.07 bits per heavy atom. The first-order valence-electron chi connectivity index (χ1n) is 9.48. The molecule has 1 unspecified atom stereocenters. The van der Waals surface area contributed by atoms with Crippen molar-refractivity contribution in [3.63, 3.8) is 0 Å². The molecule has 0 bridgehead atoms. The molecule has 0 amide bonds. The van der Waals surface area contributed by atoms with Gasteiger partial charge in [0.1, 0.15) is 5.75 Å². The van der Waals surface area contributed by atoms with Gasteiger partial charge >= 0.3 is 5.69 Å². The van der Waals surface area contributed by atoms with E-state index in [9.17, 15) is 9.59 Å². The van der Waals surface area contributed by atoms with Gasteiger partial charge in [0.05, 0.1) is 25.2 Å². The third-order valence-corrected chi connectivity index (χ3v) is 5.18. The summed E-state index contributed by atoms with van der Waals surface area (Å²) in [6.45, 7) is 4.06. The zero-order valence-corrected chi connectivity index (χ0v) is 16.6. The van der Waals surface area contributed by atoms with Crippen LogP contribution in [0.25, 0.3) is 16.9 Å². The maximum absolute atomic E-state index is 13.2. The lowest BCUT2D eigenvalue weighted by molar-refractivity contribution is 0.414. The van der Waals surface area contributed by atoms with Gasteiger partial charge in [-0.25, -0.2) is 14.3 Å². The first-order valence-corrected chi connectivity index (χ1v) is 9.48. The maximum Gasteiger partial charge on any atom is 0.337 e. The van der Waals surface area contributed by atoms with Crippen molar-refractivity contribution in [2.24, 2.45) is 0 Å². The van der Waals surface area contributed by atoms with Crippen LogP contribution in [0.5, 0.6) is 5.75 Å². The Balaban J connectivity index is 2.04. The predicted octanol–water partition coefficient (Wildman–Crippen LogP) is 2.99. The van der Waals surface area contributed by atoms with E-state index in [1.54, 1.807) is 44.6 Å². The molecule has 0 saturated heterocycles. The molecule has 4 rings (SSSR count). The zero-order chi connectivity index (χ0) is 20.5. The van der Waals surface area contributed by atoms with Crippen molar-refractivity contribution in [1.29, 1.82) is 0 Å². The smallest absolute Gasteiger partial charge is 0.337 e. The molecule has 2 heterocycles. The second-order valence-corrected chi connectivity index (χ2v) is 6.78. The monoisotopic (exact) mass is 390 g/mol. The maximum atomic E-state index is 13.2. The van der Waals surface area contributed by atoms with Crippen LogP contribution in [0.2, 0.25) is 0 Å². The number of nitrogens with zero attached hydrogens (tertiary/aromatic N) is 4. The van der Waals surface area contributed by atoms with Gasteiger partial charge in [0.15, 0.2) is 11.2 Å². The highest BCUT2D eigenvalue weighted by Gasteiger charge is 2.21. The number of methoxy groups -OCH3 is 1.